The molecule has 0 radical (unpaired) electrons. The molecule has 5 heterocycles. The molecule has 5 nitrogen and oxygen atoms in total. The minimum absolute atomic E-state index is 0.0325. The Morgan fingerprint density at radius 2 is 2.23 bits per heavy atom. The van der Waals surface area contributed by atoms with E-state index in [4.69, 9.17) is 0 Å². The number of fused-ring (bicyclic) bond motifs is 3. The van der Waals surface area contributed by atoms with E-state index in [0.29, 0.717) is 17.8 Å². The summed E-state index contributed by atoms with van der Waals surface area (Å²) in [6, 6.07) is 4.30. The lowest BCUT2D eigenvalue weighted by molar-refractivity contribution is 0.0748. The van der Waals surface area contributed by atoms with Crippen LogP contribution in [-0.4, -0.2) is 52.4 Å². The van der Waals surface area contributed by atoms with Crippen molar-refractivity contribution in [2.24, 2.45) is 5.92 Å². The van der Waals surface area contributed by atoms with E-state index in [1.807, 2.05) is 24.5 Å². The Morgan fingerprint density at radius 1 is 1.36 bits per heavy atom. The third kappa shape index (κ3) is 2.73. The van der Waals surface area contributed by atoms with Crippen molar-refractivity contribution in [2.45, 2.75) is 18.9 Å². The van der Waals surface area contributed by atoms with Crippen LogP contribution >= 0.6 is 11.8 Å². The first-order valence-corrected chi connectivity index (χ1v) is 8.83. The van der Waals surface area contributed by atoms with E-state index in [2.05, 4.69) is 15.2 Å². The van der Waals surface area contributed by atoms with Gasteiger partial charge >= 0.3 is 6.03 Å². The zero-order valence-electron chi connectivity index (χ0n) is 12.4. The molecule has 22 heavy (non-hydrogen) atoms. The van der Waals surface area contributed by atoms with E-state index in [0.717, 1.165) is 17.0 Å². The second kappa shape index (κ2) is 5.93. The Balaban J connectivity index is 1.40. The van der Waals surface area contributed by atoms with E-state index in [-0.39, 0.29) is 6.03 Å². The van der Waals surface area contributed by atoms with Crippen molar-refractivity contribution in [1.29, 1.82) is 0 Å². The first kappa shape index (κ1) is 14.1. The molecule has 0 aromatic carbocycles. The number of urea groups is 1. The number of hydrogen-bond donors (Lipinski definition) is 1. The lowest BCUT2D eigenvalue weighted by Crippen LogP contribution is -2.58. The van der Waals surface area contributed by atoms with Gasteiger partial charge in [-0.1, -0.05) is 6.07 Å². The molecule has 3 saturated heterocycles. The number of carbonyl (C=O) groups excluding carboxylic acids is 1. The molecule has 6 heteroatoms. The smallest absolute Gasteiger partial charge is 0.322 e. The van der Waals surface area contributed by atoms with Crippen molar-refractivity contribution in [2.75, 3.05) is 25.5 Å². The highest BCUT2D eigenvalue weighted by Gasteiger charge is 2.35. The van der Waals surface area contributed by atoms with Gasteiger partial charge in [0.25, 0.3) is 0 Å². The molecule has 1 N–H and O–H groups in total. The van der Waals surface area contributed by atoms with Gasteiger partial charge in [-0.3, -0.25) is 9.88 Å². The number of amides is 2. The van der Waals surface area contributed by atoms with Gasteiger partial charge in [-0.25, -0.2) is 4.79 Å². The average Bonchev–Trinajstić information content (AvgIpc) is 3.07. The van der Waals surface area contributed by atoms with Crippen LogP contribution in [0.2, 0.25) is 0 Å². The van der Waals surface area contributed by atoms with Gasteiger partial charge in [0.05, 0.1) is 5.88 Å². The Labute approximate surface area is 134 Å². The molecule has 0 spiro atoms. The molecule has 1 aromatic heterocycles. The molecule has 0 aliphatic carbocycles. The highest BCUT2D eigenvalue weighted by molar-refractivity contribution is 8.08. The van der Waals surface area contributed by atoms with E-state index >= 15 is 0 Å². The summed E-state index contributed by atoms with van der Waals surface area (Å²) < 4.78 is 0. The maximum atomic E-state index is 12.5. The minimum Gasteiger partial charge on any atom is -0.333 e. The van der Waals surface area contributed by atoms with E-state index < -0.39 is 0 Å². The van der Waals surface area contributed by atoms with Crippen molar-refractivity contribution >= 4 is 22.7 Å². The van der Waals surface area contributed by atoms with E-state index in [1.165, 1.54) is 25.9 Å². The summed E-state index contributed by atoms with van der Waals surface area (Å²) in [5.74, 6) is 1.34. The van der Waals surface area contributed by atoms with Gasteiger partial charge in [0.15, 0.2) is 0 Å². The van der Waals surface area contributed by atoms with Gasteiger partial charge in [-0.05, 0) is 37.9 Å². The first-order valence-electron chi connectivity index (χ1n) is 7.84. The molecule has 3 fully saturated rings. The lowest BCUT2D eigenvalue weighted by atomic mass is 9.84. The number of carbonyl (C=O) groups is 1. The highest BCUT2D eigenvalue weighted by atomic mass is 32.2. The number of nitrogens with zero attached hydrogens (tertiary/aromatic N) is 3. The van der Waals surface area contributed by atoms with Crippen LogP contribution in [0.1, 0.15) is 18.4 Å². The van der Waals surface area contributed by atoms with Crippen LogP contribution in [0.25, 0.3) is 4.91 Å². The quantitative estimate of drug-likeness (QED) is 0.909. The minimum atomic E-state index is 0.0325. The fraction of sp³-hybridized carbons (Fsp3) is 0.500. The molecule has 4 aliphatic heterocycles. The van der Waals surface area contributed by atoms with Crippen molar-refractivity contribution < 1.29 is 4.79 Å². The summed E-state index contributed by atoms with van der Waals surface area (Å²) in [5.41, 5.74) is 1.07. The van der Waals surface area contributed by atoms with Crippen LogP contribution in [0.5, 0.6) is 0 Å². The molecular formula is C16H20N4OS. The summed E-state index contributed by atoms with van der Waals surface area (Å²) in [4.78, 5) is 22.0. The summed E-state index contributed by atoms with van der Waals surface area (Å²) in [5, 5.41) is 3.24. The van der Waals surface area contributed by atoms with Gasteiger partial charge in [0.1, 0.15) is 0 Å². The predicted octanol–water partition coefficient (Wildman–Crippen LogP) is 2.19. The zero-order chi connectivity index (χ0) is 14.9. The number of thioether (sulfide) groups is 1. The van der Waals surface area contributed by atoms with Crippen LogP contribution in [-0.2, 0) is 0 Å². The number of hydrogen-bond acceptors (Lipinski definition) is 4. The van der Waals surface area contributed by atoms with Gasteiger partial charge in [-0.2, -0.15) is 0 Å². The molecule has 1 aromatic rings. The normalized spacial score (nSPS) is 30.3. The summed E-state index contributed by atoms with van der Waals surface area (Å²) in [6.45, 7) is 3.40. The van der Waals surface area contributed by atoms with Gasteiger partial charge in [-0.15, -0.1) is 11.8 Å². The largest absolute Gasteiger partial charge is 0.333 e. The fourth-order valence-electron chi connectivity index (χ4n) is 3.51. The third-order valence-electron chi connectivity index (χ3n) is 4.80. The third-order valence-corrected chi connectivity index (χ3v) is 5.86. The Morgan fingerprint density at radius 3 is 2.91 bits per heavy atom. The number of nitrogens with one attached hydrogen (secondary N) is 1. The van der Waals surface area contributed by atoms with Gasteiger partial charge in [0, 0.05) is 41.6 Å². The molecule has 4 aliphatic rings. The van der Waals surface area contributed by atoms with Gasteiger partial charge in [0.2, 0.25) is 0 Å². The second-order valence-corrected chi connectivity index (χ2v) is 7.16. The topological polar surface area (TPSA) is 48.5 Å². The van der Waals surface area contributed by atoms with Crippen molar-refractivity contribution in [1.82, 2.24) is 20.1 Å². The molecule has 116 valence electrons. The Hall–Kier alpha value is -1.53. The second-order valence-electron chi connectivity index (χ2n) is 6.17. The summed E-state index contributed by atoms with van der Waals surface area (Å²) >= 11 is 1.69. The van der Waals surface area contributed by atoms with Crippen LogP contribution in [0, 0.1) is 5.92 Å². The van der Waals surface area contributed by atoms with Crippen LogP contribution in [0.3, 0.4) is 0 Å². The van der Waals surface area contributed by atoms with E-state index in [1.54, 1.807) is 22.9 Å². The fourth-order valence-corrected chi connectivity index (χ4v) is 4.47. The summed E-state index contributed by atoms with van der Waals surface area (Å²) in [6.07, 6.45) is 7.99. The van der Waals surface area contributed by atoms with E-state index in [9.17, 15) is 4.79 Å². The molecular weight excluding hydrogens is 296 g/mol. The highest BCUT2D eigenvalue weighted by Crippen LogP contribution is 2.34. The maximum absolute atomic E-state index is 12.5. The Bertz CT molecular complexity index is 583. The number of piperidine rings is 3. The average molecular weight is 316 g/mol. The van der Waals surface area contributed by atoms with Crippen molar-refractivity contribution in [3.8, 4) is 0 Å². The molecule has 1 atom stereocenters. The standard InChI is InChI=1S/C16H20N4OS/c21-16(18-14-9-19-6-3-12(14)4-7-19)20-10-15(22-11-20)13-2-1-5-17-8-13/h1-2,5,8,10,12,14H,3-4,6-7,9,11H2,(H,18,21). The van der Waals surface area contributed by atoms with Crippen LogP contribution in [0.4, 0.5) is 4.79 Å². The lowest BCUT2D eigenvalue weighted by Gasteiger charge is -2.45. The molecule has 2 bridgehead atoms. The summed E-state index contributed by atoms with van der Waals surface area (Å²) in [7, 11) is 0. The maximum Gasteiger partial charge on any atom is 0.322 e. The molecule has 1 unspecified atom stereocenters. The zero-order valence-corrected chi connectivity index (χ0v) is 13.3. The van der Waals surface area contributed by atoms with Crippen LogP contribution in [0.15, 0.2) is 30.7 Å². The monoisotopic (exact) mass is 316 g/mol. The predicted molar refractivity (Wildman–Crippen MR) is 88.0 cm³/mol. The Kier molecular flexibility index (Phi) is 3.80. The number of rotatable bonds is 2. The van der Waals surface area contributed by atoms with Crippen LogP contribution < -0.4 is 5.32 Å². The number of aromatic nitrogens is 1. The van der Waals surface area contributed by atoms with Crippen molar-refractivity contribution in [3.05, 3.63) is 36.3 Å². The van der Waals surface area contributed by atoms with Gasteiger partial charge < -0.3 is 10.2 Å². The van der Waals surface area contributed by atoms with Crippen molar-refractivity contribution in [3.63, 3.8) is 0 Å². The number of pyridine rings is 1. The molecule has 2 amide bonds. The SMILES string of the molecule is O=C(NC1CN2CCC1CC2)N1C=C(c2cccnc2)SC1. The molecule has 0 saturated carbocycles. The molecule has 5 rings (SSSR count). The first-order chi connectivity index (χ1) is 10.8.